The third kappa shape index (κ3) is 4.38. The van der Waals surface area contributed by atoms with E-state index in [0.29, 0.717) is 22.3 Å². The largest absolute Gasteiger partial charge is 0.313 e. The second-order valence-electron chi connectivity index (χ2n) is 6.71. The van der Waals surface area contributed by atoms with E-state index >= 15 is 0 Å². The lowest BCUT2D eigenvalue weighted by molar-refractivity contribution is 0.804. The van der Waals surface area contributed by atoms with Crippen molar-refractivity contribution in [2.45, 2.75) is 6.04 Å². The van der Waals surface area contributed by atoms with Crippen LogP contribution in [0.25, 0.3) is 9.69 Å². The van der Waals surface area contributed by atoms with Gasteiger partial charge in [0.2, 0.25) is 0 Å². The Hall–Kier alpha value is -4.19. The van der Waals surface area contributed by atoms with Crippen LogP contribution < -0.4 is 4.90 Å². The van der Waals surface area contributed by atoms with Gasteiger partial charge in [-0.1, -0.05) is 66.2 Å². The number of benzene rings is 2. The molecule has 4 rings (SSSR count). The number of pyridine rings is 2. The number of halogens is 1. The Morgan fingerprint density at radius 3 is 1.87 bits per heavy atom. The van der Waals surface area contributed by atoms with Gasteiger partial charge in [0.05, 0.1) is 31.1 Å². The summed E-state index contributed by atoms with van der Waals surface area (Å²) in [6.07, 6.45) is 3.49. The number of rotatable bonds is 5. The maximum atomic E-state index is 7.26. The van der Waals surface area contributed by atoms with Crippen LogP contribution in [0.2, 0.25) is 5.15 Å². The Morgan fingerprint density at radius 2 is 1.39 bits per heavy atom. The Morgan fingerprint density at radius 1 is 0.774 bits per heavy atom. The lowest BCUT2D eigenvalue weighted by Crippen LogP contribution is -2.26. The molecule has 4 aromatic rings. The predicted molar refractivity (Wildman–Crippen MR) is 123 cm³/mol. The Bertz CT molecular complexity index is 1200. The fraction of sp³-hybridized carbons (Fsp3) is 0.0400. The van der Waals surface area contributed by atoms with Crippen LogP contribution in [0.3, 0.4) is 0 Å². The topological polar surface area (TPSA) is 37.7 Å². The summed E-state index contributed by atoms with van der Waals surface area (Å²) in [7, 11) is 0. The molecule has 0 aliphatic rings. The normalized spacial score (nSPS) is 10.3. The number of aromatic nitrogens is 2. The minimum absolute atomic E-state index is 0.283. The van der Waals surface area contributed by atoms with Crippen LogP contribution in [0.4, 0.5) is 22.9 Å². The van der Waals surface area contributed by atoms with E-state index in [9.17, 15) is 0 Å². The maximum Gasteiger partial charge on any atom is 0.187 e. The van der Waals surface area contributed by atoms with E-state index in [4.69, 9.17) is 24.7 Å². The molecule has 148 valence electrons. The van der Waals surface area contributed by atoms with Crippen molar-refractivity contribution in [3.63, 3.8) is 0 Å². The molecule has 0 saturated carbocycles. The van der Waals surface area contributed by atoms with E-state index in [1.807, 2.05) is 48.5 Å². The minimum Gasteiger partial charge on any atom is -0.313 e. The third-order valence-corrected chi connectivity index (χ3v) is 5.02. The summed E-state index contributed by atoms with van der Waals surface area (Å²) in [5.41, 5.74) is 3.91. The molecule has 2 aromatic heterocycles. The molecule has 31 heavy (non-hydrogen) atoms. The Kier molecular flexibility index (Phi) is 5.89. The summed E-state index contributed by atoms with van der Waals surface area (Å²) < 4.78 is 0. The van der Waals surface area contributed by atoms with Gasteiger partial charge < -0.3 is 4.90 Å². The van der Waals surface area contributed by atoms with Gasteiger partial charge in [-0.05, 0) is 35.4 Å². The second-order valence-corrected chi connectivity index (χ2v) is 7.10. The quantitative estimate of drug-likeness (QED) is 0.253. The monoisotopic (exact) mass is 421 g/mol. The zero-order valence-electron chi connectivity index (χ0n) is 16.4. The zero-order chi connectivity index (χ0) is 21.6. The van der Waals surface area contributed by atoms with Crippen molar-refractivity contribution in [3.05, 3.63) is 130 Å². The fourth-order valence-electron chi connectivity index (χ4n) is 3.39. The minimum atomic E-state index is -0.283. The summed E-state index contributed by atoms with van der Waals surface area (Å²) in [6, 6.07) is 24.0. The van der Waals surface area contributed by atoms with Gasteiger partial charge in [-0.15, -0.1) is 0 Å². The molecule has 0 aliphatic carbocycles. The molecular weight excluding hydrogens is 406 g/mol. The zero-order valence-corrected chi connectivity index (χ0v) is 17.1. The Labute approximate surface area is 185 Å². The fourth-order valence-corrected chi connectivity index (χ4v) is 3.55. The van der Waals surface area contributed by atoms with Gasteiger partial charge in [0.25, 0.3) is 0 Å². The molecule has 2 heterocycles. The van der Waals surface area contributed by atoms with E-state index in [1.165, 1.54) is 0 Å². The summed E-state index contributed by atoms with van der Waals surface area (Å²) >= 11 is 6.23. The van der Waals surface area contributed by atoms with E-state index in [2.05, 4.69) is 24.6 Å². The van der Waals surface area contributed by atoms with Crippen molar-refractivity contribution < 1.29 is 0 Å². The molecule has 0 saturated heterocycles. The van der Waals surface area contributed by atoms with Gasteiger partial charge in [-0.2, -0.15) is 0 Å². The van der Waals surface area contributed by atoms with E-state index < -0.39 is 0 Å². The van der Waals surface area contributed by atoms with Crippen molar-refractivity contribution in [2.24, 2.45) is 0 Å². The number of hydrogen-bond donors (Lipinski definition) is 0. The highest BCUT2D eigenvalue weighted by Crippen LogP contribution is 2.39. The van der Waals surface area contributed by atoms with Gasteiger partial charge in [-0.3, -0.25) is 4.98 Å². The van der Waals surface area contributed by atoms with Crippen LogP contribution in [0.1, 0.15) is 17.2 Å². The third-order valence-electron chi connectivity index (χ3n) is 4.81. The second kappa shape index (κ2) is 9.09. The van der Waals surface area contributed by atoms with Crippen molar-refractivity contribution in [2.75, 3.05) is 4.90 Å². The van der Waals surface area contributed by atoms with Crippen LogP contribution in [0.5, 0.6) is 0 Å². The van der Waals surface area contributed by atoms with Crippen molar-refractivity contribution in [1.29, 1.82) is 0 Å². The first-order valence-electron chi connectivity index (χ1n) is 9.46. The number of nitrogens with zero attached hydrogens (tertiary/aromatic N) is 5. The van der Waals surface area contributed by atoms with E-state index in [-0.39, 0.29) is 6.04 Å². The molecule has 0 atom stereocenters. The Balaban J connectivity index is 1.94. The standard InChI is InChI=1S/C25H16ClN5/c1-27-20-12-8-18(9-13-20)25(19-10-14-21(28-2)15-11-19)31(22-5-4-16-29-17-22)24-7-3-6-23(26)30-24/h3-17,25H. The van der Waals surface area contributed by atoms with E-state index in [1.54, 1.807) is 42.7 Å². The molecule has 0 amide bonds. The smallest absolute Gasteiger partial charge is 0.187 e. The van der Waals surface area contributed by atoms with Gasteiger partial charge in [0.1, 0.15) is 11.0 Å². The van der Waals surface area contributed by atoms with E-state index in [0.717, 1.165) is 16.8 Å². The molecule has 2 aromatic carbocycles. The highest BCUT2D eigenvalue weighted by atomic mass is 35.5. The van der Waals surface area contributed by atoms with Gasteiger partial charge in [0, 0.05) is 6.20 Å². The summed E-state index contributed by atoms with van der Waals surface area (Å²) in [4.78, 5) is 17.9. The molecule has 5 nitrogen and oxygen atoms in total. The molecule has 0 aliphatic heterocycles. The summed E-state index contributed by atoms with van der Waals surface area (Å²) in [5.74, 6) is 0.661. The van der Waals surface area contributed by atoms with Crippen molar-refractivity contribution in [1.82, 2.24) is 9.97 Å². The maximum absolute atomic E-state index is 7.26. The lowest BCUT2D eigenvalue weighted by Gasteiger charge is -2.33. The first-order valence-corrected chi connectivity index (χ1v) is 9.84. The number of hydrogen-bond acceptors (Lipinski definition) is 3. The molecule has 0 bridgehead atoms. The first kappa shape index (κ1) is 20.1. The van der Waals surface area contributed by atoms with Gasteiger partial charge in [-0.25, -0.2) is 14.7 Å². The van der Waals surface area contributed by atoms with Crippen LogP contribution in [-0.2, 0) is 0 Å². The molecule has 6 heteroatoms. The number of anilines is 2. The molecular formula is C25H16ClN5. The first-order chi connectivity index (χ1) is 15.2. The summed E-state index contributed by atoms with van der Waals surface area (Å²) in [5, 5.41) is 0.386. The van der Waals surface area contributed by atoms with Crippen molar-refractivity contribution >= 4 is 34.5 Å². The highest BCUT2D eigenvalue weighted by molar-refractivity contribution is 6.29. The van der Waals surface area contributed by atoms with Crippen LogP contribution in [0, 0.1) is 13.1 Å². The average molecular weight is 422 g/mol. The molecule has 0 N–H and O–H groups in total. The molecule has 0 spiro atoms. The van der Waals surface area contributed by atoms with Crippen molar-refractivity contribution in [3.8, 4) is 0 Å². The molecule has 0 radical (unpaired) electrons. The van der Waals surface area contributed by atoms with Crippen LogP contribution in [-0.4, -0.2) is 9.97 Å². The highest BCUT2D eigenvalue weighted by Gasteiger charge is 2.26. The predicted octanol–water partition coefficient (Wildman–Crippen LogP) is 7.16. The molecule has 0 unspecified atom stereocenters. The SMILES string of the molecule is [C-]#[N+]c1ccc(C(c2ccc([N+]#[C-])cc2)N(c2cccnc2)c2cccc(Cl)n2)cc1. The summed E-state index contributed by atoms with van der Waals surface area (Å²) in [6.45, 7) is 14.5. The average Bonchev–Trinajstić information content (AvgIpc) is 2.83. The van der Waals surface area contributed by atoms with Gasteiger partial charge in [0.15, 0.2) is 11.4 Å². The molecule has 0 fully saturated rings. The van der Waals surface area contributed by atoms with Crippen LogP contribution in [0.15, 0.2) is 91.3 Å². The van der Waals surface area contributed by atoms with Gasteiger partial charge >= 0.3 is 0 Å². The lowest BCUT2D eigenvalue weighted by atomic mass is 9.96. The van der Waals surface area contributed by atoms with Crippen LogP contribution >= 0.6 is 11.6 Å².